The fourth-order valence-corrected chi connectivity index (χ4v) is 3.74. The highest BCUT2D eigenvalue weighted by Gasteiger charge is 2.36. The minimum absolute atomic E-state index is 0.0884. The molecule has 1 aromatic rings. The number of rotatable bonds is 5. The quantitative estimate of drug-likeness (QED) is 0.865. The van der Waals surface area contributed by atoms with E-state index in [9.17, 15) is 22.0 Å². The Labute approximate surface area is 137 Å². The van der Waals surface area contributed by atoms with E-state index in [-0.39, 0.29) is 16.5 Å². The number of anilines is 1. The maximum Gasteiger partial charge on any atom is 0.387 e. The van der Waals surface area contributed by atoms with Crippen LogP contribution < -0.4 is 10.1 Å². The molecule has 1 aromatic carbocycles. The number of ether oxygens (including phenoxy) is 1. The molecule has 0 aliphatic carbocycles. The second-order valence-corrected chi connectivity index (χ2v) is 7.39. The summed E-state index contributed by atoms with van der Waals surface area (Å²) in [5, 5.41) is 2.45. The maximum atomic E-state index is 12.2. The number of benzene rings is 1. The molecule has 1 amide bonds. The van der Waals surface area contributed by atoms with Gasteiger partial charge in [0.1, 0.15) is 11.8 Å². The predicted octanol–water partition coefficient (Wildman–Crippen LogP) is 2.30. The Kier molecular flexibility index (Phi) is 5.43. The van der Waals surface area contributed by atoms with Crippen molar-refractivity contribution in [1.82, 2.24) is 4.31 Å². The molecule has 0 spiro atoms. The number of nitrogens with zero attached hydrogens (tertiary/aromatic N) is 1. The van der Waals surface area contributed by atoms with E-state index in [1.165, 1.54) is 18.2 Å². The first-order valence-corrected chi connectivity index (χ1v) is 8.93. The third-order valence-corrected chi connectivity index (χ3v) is 4.93. The summed E-state index contributed by atoms with van der Waals surface area (Å²) in [6.07, 6.45) is 2.05. The molecule has 0 radical (unpaired) electrons. The Bertz CT molecular complexity index is 699. The van der Waals surface area contributed by atoms with Crippen molar-refractivity contribution in [3.8, 4) is 5.75 Å². The summed E-state index contributed by atoms with van der Waals surface area (Å²) in [4.78, 5) is 12.2. The van der Waals surface area contributed by atoms with Crippen LogP contribution in [0.4, 0.5) is 14.5 Å². The van der Waals surface area contributed by atoms with Gasteiger partial charge in [-0.15, -0.1) is 0 Å². The van der Waals surface area contributed by atoms with Gasteiger partial charge >= 0.3 is 6.61 Å². The Morgan fingerprint density at radius 3 is 2.74 bits per heavy atom. The van der Waals surface area contributed by atoms with Crippen molar-refractivity contribution in [1.29, 1.82) is 0 Å². The molecular weight excluding hydrogens is 354 g/mol. The Morgan fingerprint density at radius 1 is 1.48 bits per heavy atom. The summed E-state index contributed by atoms with van der Waals surface area (Å²) in [5.74, 6) is -0.704. The van der Waals surface area contributed by atoms with Crippen LogP contribution >= 0.6 is 11.6 Å². The predicted molar refractivity (Wildman–Crippen MR) is 81.3 cm³/mol. The highest BCUT2D eigenvalue weighted by molar-refractivity contribution is 7.88. The van der Waals surface area contributed by atoms with E-state index in [1.807, 2.05) is 0 Å². The lowest BCUT2D eigenvalue weighted by atomic mass is 10.2. The molecule has 0 bridgehead atoms. The number of hydrogen-bond donors (Lipinski definition) is 1. The van der Waals surface area contributed by atoms with Crippen LogP contribution in [-0.4, -0.2) is 44.1 Å². The number of halogens is 3. The van der Waals surface area contributed by atoms with Crippen LogP contribution in [0.5, 0.6) is 5.75 Å². The molecule has 10 heteroatoms. The van der Waals surface area contributed by atoms with Crippen molar-refractivity contribution in [3.05, 3.63) is 23.2 Å². The number of sulfonamides is 1. The SMILES string of the molecule is CS(=O)(=O)N1CCC[C@@H]1C(=O)Nc1ccc(OC(F)F)c(Cl)c1. The van der Waals surface area contributed by atoms with Crippen molar-refractivity contribution in [3.63, 3.8) is 0 Å². The van der Waals surface area contributed by atoms with Crippen molar-refractivity contribution in [2.45, 2.75) is 25.5 Å². The number of carbonyl (C=O) groups is 1. The van der Waals surface area contributed by atoms with Crippen LogP contribution in [0.25, 0.3) is 0 Å². The zero-order chi connectivity index (χ0) is 17.2. The number of amides is 1. The molecule has 6 nitrogen and oxygen atoms in total. The largest absolute Gasteiger partial charge is 0.433 e. The number of nitrogens with one attached hydrogen (secondary N) is 1. The van der Waals surface area contributed by atoms with Crippen LogP contribution in [-0.2, 0) is 14.8 Å². The minimum atomic E-state index is -3.47. The van der Waals surface area contributed by atoms with Crippen molar-refractivity contribution in [2.75, 3.05) is 18.1 Å². The first kappa shape index (κ1) is 17.9. The molecule has 1 aliphatic heterocycles. The second kappa shape index (κ2) is 6.98. The van der Waals surface area contributed by atoms with Gasteiger partial charge in [0.2, 0.25) is 15.9 Å². The Hall–Kier alpha value is -1.45. The smallest absolute Gasteiger partial charge is 0.387 e. The highest BCUT2D eigenvalue weighted by Crippen LogP contribution is 2.29. The average molecular weight is 369 g/mol. The van der Waals surface area contributed by atoms with Gasteiger partial charge < -0.3 is 10.1 Å². The lowest BCUT2D eigenvalue weighted by Gasteiger charge is -2.21. The van der Waals surface area contributed by atoms with Gasteiger partial charge in [-0.1, -0.05) is 11.6 Å². The van der Waals surface area contributed by atoms with E-state index in [1.54, 1.807) is 0 Å². The molecule has 1 N–H and O–H groups in total. The van der Waals surface area contributed by atoms with E-state index in [4.69, 9.17) is 11.6 Å². The fourth-order valence-electron chi connectivity index (χ4n) is 2.39. The molecular formula is C13H15ClF2N2O4S. The van der Waals surface area contributed by atoms with Gasteiger partial charge in [-0.05, 0) is 31.0 Å². The normalized spacial score (nSPS) is 19.1. The molecule has 2 rings (SSSR count). The Morgan fingerprint density at radius 2 is 2.17 bits per heavy atom. The number of carbonyl (C=O) groups excluding carboxylic acids is 1. The first-order chi connectivity index (χ1) is 10.7. The summed E-state index contributed by atoms with van der Waals surface area (Å²) < 4.78 is 52.9. The van der Waals surface area contributed by atoms with Crippen molar-refractivity contribution in [2.24, 2.45) is 0 Å². The summed E-state index contributed by atoms with van der Waals surface area (Å²) in [5.41, 5.74) is 0.266. The highest BCUT2D eigenvalue weighted by atomic mass is 35.5. The van der Waals surface area contributed by atoms with Crippen molar-refractivity contribution < 1.29 is 26.7 Å². The van der Waals surface area contributed by atoms with Crippen LogP contribution in [0, 0.1) is 0 Å². The van der Waals surface area contributed by atoms with E-state index < -0.39 is 28.6 Å². The molecule has 23 heavy (non-hydrogen) atoms. The van der Waals surface area contributed by atoms with E-state index in [2.05, 4.69) is 10.1 Å². The van der Waals surface area contributed by atoms with Crippen LogP contribution in [0.15, 0.2) is 18.2 Å². The monoisotopic (exact) mass is 368 g/mol. The number of hydrogen-bond acceptors (Lipinski definition) is 4. The van der Waals surface area contributed by atoms with Gasteiger partial charge in [-0.25, -0.2) is 8.42 Å². The Balaban J connectivity index is 2.10. The van der Waals surface area contributed by atoms with Gasteiger partial charge in [0.25, 0.3) is 0 Å². The molecule has 1 saturated heterocycles. The lowest BCUT2D eigenvalue weighted by Crippen LogP contribution is -2.42. The summed E-state index contributed by atoms with van der Waals surface area (Å²) >= 11 is 5.80. The molecule has 1 aliphatic rings. The molecule has 1 heterocycles. The van der Waals surface area contributed by atoms with Crippen molar-refractivity contribution >= 4 is 33.2 Å². The van der Waals surface area contributed by atoms with E-state index >= 15 is 0 Å². The summed E-state index contributed by atoms with van der Waals surface area (Å²) in [7, 11) is -3.47. The van der Waals surface area contributed by atoms with Gasteiger partial charge in [-0.2, -0.15) is 13.1 Å². The molecule has 0 unspecified atom stereocenters. The third kappa shape index (κ3) is 4.52. The fraction of sp³-hybridized carbons (Fsp3) is 0.462. The molecule has 128 valence electrons. The van der Waals surface area contributed by atoms with Crippen LogP contribution in [0.2, 0.25) is 5.02 Å². The topological polar surface area (TPSA) is 75.7 Å². The van der Waals surface area contributed by atoms with Crippen LogP contribution in [0.1, 0.15) is 12.8 Å². The standard InChI is InChI=1S/C13H15ClF2N2O4S/c1-23(20,21)18-6-2-3-10(18)12(19)17-8-4-5-11(9(14)7-8)22-13(15)16/h4-5,7,10,13H,2-3,6H2,1H3,(H,17,19)/t10-/m1/s1. The van der Waals surface area contributed by atoms with E-state index in [0.717, 1.165) is 10.6 Å². The molecule has 1 atom stereocenters. The molecule has 1 fully saturated rings. The van der Waals surface area contributed by atoms with E-state index in [0.29, 0.717) is 19.4 Å². The third-order valence-electron chi connectivity index (χ3n) is 3.35. The average Bonchev–Trinajstić information content (AvgIpc) is 2.91. The lowest BCUT2D eigenvalue weighted by molar-refractivity contribution is -0.119. The number of alkyl halides is 2. The van der Waals surface area contributed by atoms with Gasteiger partial charge in [-0.3, -0.25) is 4.79 Å². The zero-order valence-electron chi connectivity index (χ0n) is 12.1. The molecule has 0 saturated carbocycles. The molecule has 0 aromatic heterocycles. The second-order valence-electron chi connectivity index (χ2n) is 5.04. The van der Waals surface area contributed by atoms with Gasteiger partial charge in [0.15, 0.2) is 0 Å². The summed E-state index contributed by atoms with van der Waals surface area (Å²) in [6.45, 7) is -2.71. The maximum absolute atomic E-state index is 12.2. The van der Waals surface area contributed by atoms with Gasteiger partial charge in [0, 0.05) is 12.2 Å². The zero-order valence-corrected chi connectivity index (χ0v) is 13.7. The van der Waals surface area contributed by atoms with Crippen LogP contribution in [0.3, 0.4) is 0 Å². The van der Waals surface area contributed by atoms with Gasteiger partial charge in [0.05, 0.1) is 11.3 Å². The minimum Gasteiger partial charge on any atom is -0.433 e. The summed E-state index contributed by atoms with van der Waals surface area (Å²) in [6, 6.07) is 3.02. The first-order valence-electron chi connectivity index (χ1n) is 6.70.